The zero-order valence-electron chi connectivity index (χ0n) is 16.5. The van der Waals surface area contributed by atoms with Crippen LogP contribution in [0.1, 0.15) is 34.5 Å². The third-order valence-corrected chi connectivity index (χ3v) is 4.60. The minimum Gasteiger partial charge on any atom is -0.497 e. The highest BCUT2D eigenvalue weighted by Gasteiger charge is 2.15. The molecule has 3 aromatic rings. The maximum absolute atomic E-state index is 12.5. The molecule has 0 radical (unpaired) electrons. The lowest BCUT2D eigenvalue weighted by molar-refractivity contribution is -0.115. The van der Waals surface area contributed by atoms with E-state index in [4.69, 9.17) is 4.74 Å². The molecule has 29 heavy (non-hydrogen) atoms. The molecule has 0 aliphatic carbocycles. The van der Waals surface area contributed by atoms with Crippen LogP contribution in [0.2, 0.25) is 0 Å². The molecular formula is C24H24N2O3. The molecule has 0 saturated carbocycles. The minimum atomic E-state index is -0.180. The number of amides is 1. The van der Waals surface area contributed by atoms with Gasteiger partial charge in [0.25, 0.3) is 0 Å². The van der Waals surface area contributed by atoms with Crippen molar-refractivity contribution in [2.75, 3.05) is 19.0 Å². The van der Waals surface area contributed by atoms with Crippen molar-refractivity contribution in [3.05, 3.63) is 95.6 Å². The van der Waals surface area contributed by atoms with Gasteiger partial charge in [-0.25, -0.2) is 0 Å². The van der Waals surface area contributed by atoms with Gasteiger partial charge >= 0.3 is 0 Å². The first-order chi connectivity index (χ1) is 14.1. The Kier molecular flexibility index (Phi) is 6.76. The molecule has 1 amide bonds. The van der Waals surface area contributed by atoms with Crippen LogP contribution in [0, 0.1) is 0 Å². The first-order valence-corrected chi connectivity index (χ1v) is 9.40. The van der Waals surface area contributed by atoms with E-state index < -0.39 is 0 Å². The van der Waals surface area contributed by atoms with Crippen LogP contribution in [-0.2, 0) is 4.79 Å². The van der Waals surface area contributed by atoms with Crippen LogP contribution in [0.25, 0.3) is 0 Å². The van der Waals surface area contributed by atoms with Crippen LogP contribution >= 0.6 is 0 Å². The number of benzene rings is 3. The van der Waals surface area contributed by atoms with E-state index in [2.05, 4.69) is 10.6 Å². The lowest BCUT2D eigenvalue weighted by atomic mass is 9.98. The zero-order valence-corrected chi connectivity index (χ0v) is 16.5. The minimum absolute atomic E-state index is 0.0390. The number of ketones is 1. The summed E-state index contributed by atoms with van der Waals surface area (Å²) in [6, 6.07) is 24.5. The second-order valence-corrected chi connectivity index (χ2v) is 6.68. The van der Waals surface area contributed by atoms with Crippen LogP contribution < -0.4 is 15.4 Å². The number of Topliss-reactive ketones (excluding diaryl/α,β-unsaturated/α-hetero) is 1. The quantitative estimate of drug-likeness (QED) is 0.567. The second kappa shape index (κ2) is 9.66. The Balaban J connectivity index is 1.72. The lowest BCUT2D eigenvalue weighted by Gasteiger charge is -2.20. The summed E-state index contributed by atoms with van der Waals surface area (Å²) in [5, 5.41) is 6.17. The summed E-state index contributed by atoms with van der Waals surface area (Å²) in [5.41, 5.74) is 3.26. The maximum Gasteiger partial charge on any atom is 0.238 e. The molecule has 0 bridgehead atoms. The fourth-order valence-corrected chi connectivity index (χ4v) is 3.09. The monoisotopic (exact) mass is 388 g/mol. The first-order valence-electron chi connectivity index (χ1n) is 9.40. The molecule has 2 N–H and O–H groups in total. The average molecular weight is 388 g/mol. The summed E-state index contributed by atoms with van der Waals surface area (Å²) in [7, 11) is 1.63. The highest BCUT2D eigenvalue weighted by atomic mass is 16.5. The Morgan fingerprint density at radius 1 is 0.897 bits per heavy atom. The predicted molar refractivity (Wildman–Crippen MR) is 114 cm³/mol. The Morgan fingerprint density at radius 2 is 1.59 bits per heavy atom. The molecule has 5 heteroatoms. The molecule has 1 atom stereocenters. The van der Waals surface area contributed by atoms with E-state index in [-0.39, 0.29) is 24.3 Å². The number of anilines is 1. The third-order valence-electron chi connectivity index (χ3n) is 4.60. The van der Waals surface area contributed by atoms with Gasteiger partial charge in [-0.2, -0.15) is 0 Å². The van der Waals surface area contributed by atoms with Crippen LogP contribution in [0.15, 0.2) is 78.9 Å². The van der Waals surface area contributed by atoms with Crippen molar-refractivity contribution in [1.82, 2.24) is 5.32 Å². The van der Waals surface area contributed by atoms with E-state index in [1.165, 1.54) is 6.92 Å². The molecule has 0 heterocycles. The molecule has 0 fully saturated rings. The van der Waals surface area contributed by atoms with Gasteiger partial charge in [0, 0.05) is 11.3 Å². The van der Waals surface area contributed by atoms with Gasteiger partial charge in [-0.1, -0.05) is 54.6 Å². The van der Waals surface area contributed by atoms with Crippen molar-refractivity contribution in [1.29, 1.82) is 0 Å². The number of hydrogen-bond donors (Lipinski definition) is 2. The van der Waals surface area contributed by atoms with Crippen LogP contribution in [0.3, 0.4) is 0 Å². The van der Waals surface area contributed by atoms with E-state index in [1.54, 1.807) is 31.4 Å². The van der Waals surface area contributed by atoms with Crippen molar-refractivity contribution in [2.45, 2.75) is 13.0 Å². The molecule has 0 aromatic heterocycles. The van der Waals surface area contributed by atoms with Gasteiger partial charge in [-0.3, -0.25) is 14.9 Å². The van der Waals surface area contributed by atoms with E-state index in [1.807, 2.05) is 54.6 Å². The Labute approximate surface area is 170 Å². The van der Waals surface area contributed by atoms with Crippen molar-refractivity contribution in [3.8, 4) is 5.75 Å². The van der Waals surface area contributed by atoms with Crippen LogP contribution in [0.4, 0.5) is 5.69 Å². The molecular weight excluding hydrogens is 364 g/mol. The topological polar surface area (TPSA) is 67.4 Å². The Morgan fingerprint density at radius 3 is 2.24 bits per heavy atom. The summed E-state index contributed by atoms with van der Waals surface area (Å²) in [6.07, 6.45) is 0. The number of ether oxygens (including phenoxy) is 1. The van der Waals surface area contributed by atoms with Gasteiger partial charge in [-0.15, -0.1) is 0 Å². The maximum atomic E-state index is 12.5. The summed E-state index contributed by atoms with van der Waals surface area (Å²) >= 11 is 0. The zero-order chi connectivity index (χ0) is 20.6. The smallest absolute Gasteiger partial charge is 0.238 e. The number of methoxy groups -OCH3 is 1. The van der Waals surface area contributed by atoms with E-state index in [0.29, 0.717) is 11.3 Å². The number of rotatable bonds is 8. The van der Waals surface area contributed by atoms with E-state index in [9.17, 15) is 9.59 Å². The number of carbonyl (C=O) groups excluding carboxylic acids is 2. The van der Waals surface area contributed by atoms with Gasteiger partial charge in [0.1, 0.15) is 5.75 Å². The van der Waals surface area contributed by atoms with Gasteiger partial charge in [-0.05, 0) is 42.3 Å². The van der Waals surface area contributed by atoms with Crippen molar-refractivity contribution in [3.63, 3.8) is 0 Å². The van der Waals surface area contributed by atoms with Crippen LogP contribution in [-0.4, -0.2) is 25.3 Å². The van der Waals surface area contributed by atoms with Crippen molar-refractivity contribution >= 4 is 17.4 Å². The molecule has 3 aromatic carbocycles. The molecule has 148 valence electrons. The molecule has 0 unspecified atom stereocenters. The molecule has 5 nitrogen and oxygen atoms in total. The van der Waals surface area contributed by atoms with Crippen molar-refractivity contribution in [2.24, 2.45) is 0 Å². The largest absolute Gasteiger partial charge is 0.497 e. The predicted octanol–water partition coefficient (Wildman–Crippen LogP) is 4.22. The highest BCUT2D eigenvalue weighted by Crippen LogP contribution is 2.24. The lowest BCUT2D eigenvalue weighted by Crippen LogP contribution is -2.32. The summed E-state index contributed by atoms with van der Waals surface area (Å²) in [5.74, 6) is 0.562. The number of hydrogen-bond acceptors (Lipinski definition) is 4. The standard InChI is InChI=1S/C24H24N2O3/c1-17(27)20-9-6-10-21(15-20)26-23(28)16-25-24(18-7-4-3-5-8-18)19-11-13-22(29-2)14-12-19/h3-15,24-25H,16H2,1-2H3,(H,26,28)/t24-/m1/s1. The second-order valence-electron chi connectivity index (χ2n) is 6.68. The van der Waals surface area contributed by atoms with Gasteiger partial charge in [0.2, 0.25) is 5.91 Å². The van der Waals surface area contributed by atoms with Gasteiger partial charge in [0.05, 0.1) is 19.7 Å². The molecule has 0 aliphatic rings. The Hall–Kier alpha value is -3.44. The Bertz CT molecular complexity index is 969. The fourth-order valence-electron chi connectivity index (χ4n) is 3.09. The highest BCUT2D eigenvalue weighted by molar-refractivity contribution is 5.97. The van der Waals surface area contributed by atoms with Crippen molar-refractivity contribution < 1.29 is 14.3 Å². The van der Waals surface area contributed by atoms with E-state index >= 15 is 0 Å². The normalized spacial score (nSPS) is 11.5. The molecule has 0 aliphatic heterocycles. The number of nitrogens with one attached hydrogen (secondary N) is 2. The third kappa shape index (κ3) is 5.53. The molecule has 3 rings (SSSR count). The van der Waals surface area contributed by atoms with Gasteiger partial charge < -0.3 is 10.1 Å². The molecule has 0 spiro atoms. The SMILES string of the molecule is COc1ccc([C@H](NCC(=O)Nc2cccc(C(C)=O)c2)c2ccccc2)cc1. The van der Waals surface area contributed by atoms with Gasteiger partial charge in [0.15, 0.2) is 5.78 Å². The summed E-state index contributed by atoms with van der Waals surface area (Å²) < 4.78 is 5.24. The van der Waals surface area contributed by atoms with E-state index in [0.717, 1.165) is 16.9 Å². The average Bonchev–Trinajstić information content (AvgIpc) is 2.75. The number of carbonyl (C=O) groups is 2. The first kappa shape index (κ1) is 20.3. The molecule has 0 saturated heterocycles. The summed E-state index contributed by atoms with van der Waals surface area (Å²) in [4.78, 5) is 24.0. The van der Waals surface area contributed by atoms with Crippen LogP contribution in [0.5, 0.6) is 5.75 Å². The summed E-state index contributed by atoms with van der Waals surface area (Å²) in [6.45, 7) is 1.62. The fraction of sp³-hybridized carbons (Fsp3) is 0.167.